The van der Waals surface area contributed by atoms with Gasteiger partial charge >= 0.3 is 5.97 Å². The zero-order chi connectivity index (χ0) is 13.6. The van der Waals surface area contributed by atoms with E-state index in [4.69, 9.17) is 9.47 Å². The number of esters is 1. The molecule has 18 heavy (non-hydrogen) atoms. The van der Waals surface area contributed by atoms with E-state index < -0.39 is 0 Å². The van der Waals surface area contributed by atoms with Gasteiger partial charge in [0.25, 0.3) is 0 Å². The minimum atomic E-state index is -0.179. The minimum absolute atomic E-state index is 0.135. The standard InChI is InChI=1S/C14H29NO3/c1-4-6-7-8-9-10-13(14(16)18-5-2)15-11-12-17-3/h13,15H,4-12H2,1-3H3. The fourth-order valence-electron chi connectivity index (χ4n) is 1.83. The van der Waals surface area contributed by atoms with Crippen LogP contribution in [-0.4, -0.2) is 38.9 Å². The molecule has 0 bridgehead atoms. The smallest absolute Gasteiger partial charge is 0.323 e. The average molecular weight is 259 g/mol. The molecule has 4 nitrogen and oxygen atoms in total. The molecule has 0 aliphatic carbocycles. The number of nitrogens with one attached hydrogen (secondary N) is 1. The maximum absolute atomic E-state index is 11.7. The summed E-state index contributed by atoms with van der Waals surface area (Å²) in [5, 5.41) is 3.20. The molecule has 0 aromatic heterocycles. The second-order valence-electron chi connectivity index (χ2n) is 4.45. The zero-order valence-electron chi connectivity index (χ0n) is 12.2. The van der Waals surface area contributed by atoms with Crippen LogP contribution in [0.2, 0.25) is 0 Å². The predicted molar refractivity (Wildman–Crippen MR) is 73.7 cm³/mol. The lowest BCUT2D eigenvalue weighted by Crippen LogP contribution is -2.39. The van der Waals surface area contributed by atoms with Crippen molar-refractivity contribution in [2.75, 3.05) is 26.9 Å². The van der Waals surface area contributed by atoms with Crippen LogP contribution in [0.5, 0.6) is 0 Å². The van der Waals surface area contributed by atoms with Crippen LogP contribution in [0.1, 0.15) is 52.4 Å². The summed E-state index contributed by atoms with van der Waals surface area (Å²) in [4.78, 5) is 11.7. The number of hydrogen-bond donors (Lipinski definition) is 1. The monoisotopic (exact) mass is 259 g/mol. The summed E-state index contributed by atoms with van der Waals surface area (Å²) in [6, 6.07) is -0.179. The van der Waals surface area contributed by atoms with Crippen molar-refractivity contribution in [2.24, 2.45) is 0 Å². The SMILES string of the molecule is CCCCCCCC(NCCOC)C(=O)OCC. The maximum Gasteiger partial charge on any atom is 0.323 e. The molecule has 1 atom stereocenters. The zero-order valence-corrected chi connectivity index (χ0v) is 12.2. The van der Waals surface area contributed by atoms with Gasteiger partial charge < -0.3 is 14.8 Å². The highest BCUT2D eigenvalue weighted by Gasteiger charge is 2.18. The Morgan fingerprint density at radius 3 is 2.50 bits per heavy atom. The van der Waals surface area contributed by atoms with Crippen molar-refractivity contribution in [2.45, 2.75) is 58.4 Å². The second-order valence-corrected chi connectivity index (χ2v) is 4.45. The molecule has 0 rings (SSSR count). The molecule has 1 unspecified atom stereocenters. The molecule has 0 spiro atoms. The number of carbonyl (C=O) groups excluding carboxylic acids is 1. The molecule has 0 fully saturated rings. The number of carbonyl (C=O) groups is 1. The number of ether oxygens (including phenoxy) is 2. The van der Waals surface area contributed by atoms with Crippen LogP contribution < -0.4 is 5.32 Å². The van der Waals surface area contributed by atoms with E-state index in [1.807, 2.05) is 6.92 Å². The van der Waals surface area contributed by atoms with E-state index >= 15 is 0 Å². The molecule has 0 amide bonds. The number of methoxy groups -OCH3 is 1. The Balaban J connectivity index is 3.84. The van der Waals surface area contributed by atoms with Crippen molar-refractivity contribution in [1.29, 1.82) is 0 Å². The molecular weight excluding hydrogens is 230 g/mol. The van der Waals surface area contributed by atoms with Crippen LogP contribution in [0.25, 0.3) is 0 Å². The van der Waals surface area contributed by atoms with Crippen molar-refractivity contribution in [3.05, 3.63) is 0 Å². The van der Waals surface area contributed by atoms with E-state index in [1.54, 1.807) is 7.11 Å². The highest BCUT2D eigenvalue weighted by atomic mass is 16.5. The van der Waals surface area contributed by atoms with Crippen LogP contribution in [0.3, 0.4) is 0 Å². The first-order valence-corrected chi connectivity index (χ1v) is 7.15. The summed E-state index contributed by atoms with van der Waals surface area (Å²) in [5.41, 5.74) is 0. The normalized spacial score (nSPS) is 12.4. The predicted octanol–water partition coefficient (Wildman–Crippen LogP) is 2.51. The van der Waals surface area contributed by atoms with E-state index in [0.717, 1.165) is 12.8 Å². The number of hydrogen-bond acceptors (Lipinski definition) is 4. The Morgan fingerprint density at radius 2 is 1.89 bits per heavy atom. The first-order valence-electron chi connectivity index (χ1n) is 7.15. The summed E-state index contributed by atoms with van der Waals surface area (Å²) in [5.74, 6) is -0.135. The van der Waals surface area contributed by atoms with Crippen LogP contribution in [-0.2, 0) is 14.3 Å². The van der Waals surface area contributed by atoms with Crippen molar-refractivity contribution < 1.29 is 14.3 Å². The highest BCUT2D eigenvalue weighted by molar-refractivity contribution is 5.75. The van der Waals surface area contributed by atoms with Crippen LogP contribution in [0.4, 0.5) is 0 Å². The largest absolute Gasteiger partial charge is 0.465 e. The van der Waals surface area contributed by atoms with Gasteiger partial charge in [0.15, 0.2) is 0 Å². The fraction of sp³-hybridized carbons (Fsp3) is 0.929. The topological polar surface area (TPSA) is 47.6 Å². The Labute approximate surface area is 111 Å². The van der Waals surface area contributed by atoms with Gasteiger partial charge in [0.05, 0.1) is 13.2 Å². The van der Waals surface area contributed by atoms with Gasteiger partial charge in [0, 0.05) is 13.7 Å². The van der Waals surface area contributed by atoms with E-state index in [0.29, 0.717) is 19.8 Å². The molecule has 0 heterocycles. The van der Waals surface area contributed by atoms with Gasteiger partial charge in [0.1, 0.15) is 6.04 Å². The van der Waals surface area contributed by atoms with Crippen LogP contribution >= 0.6 is 0 Å². The van der Waals surface area contributed by atoms with Gasteiger partial charge in [0.2, 0.25) is 0 Å². The molecule has 1 N–H and O–H groups in total. The molecule has 0 aliphatic rings. The first-order chi connectivity index (χ1) is 8.76. The molecule has 0 aliphatic heterocycles. The van der Waals surface area contributed by atoms with Gasteiger partial charge in [-0.25, -0.2) is 0 Å². The molecule has 0 radical (unpaired) electrons. The Bertz CT molecular complexity index is 197. The fourth-order valence-corrected chi connectivity index (χ4v) is 1.83. The summed E-state index contributed by atoms with van der Waals surface area (Å²) >= 11 is 0. The summed E-state index contributed by atoms with van der Waals surface area (Å²) in [6.45, 7) is 5.79. The molecule has 4 heteroatoms. The third kappa shape index (κ3) is 9.42. The number of unbranched alkanes of at least 4 members (excludes halogenated alkanes) is 4. The lowest BCUT2D eigenvalue weighted by Gasteiger charge is -2.16. The summed E-state index contributed by atoms with van der Waals surface area (Å²) in [7, 11) is 1.66. The van der Waals surface area contributed by atoms with E-state index in [1.165, 1.54) is 25.7 Å². The Hall–Kier alpha value is -0.610. The Morgan fingerprint density at radius 1 is 1.17 bits per heavy atom. The molecule has 0 saturated carbocycles. The van der Waals surface area contributed by atoms with E-state index in [2.05, 4.69) is 12.2 Å². The first kappa shape index (κ1) is 17.4. The molecule has 0 aromatic rings. The number of rotatable bonds is 12. The third-order valence-electron chi connectivity index (χ3n) is 2.86. The summed E-state index contributed by atoms with van der Waals surface area (Å²) < 4.78 is 10.0. The van der Waals surface area contributed by atoms with Crippen LogP contribution in [0, 0.1) is 0 Å². The maximum atomic E-state index is 11.7. The minimum Gasteiger partial charge on any atom is -0.465 e. The van der Waals surface area contributed by atoms with Crippen molar-refractivity contribution in [1.82, 2.24) is 5.32 Å². The highest BCUT2D eigenvalue weighted by Crippen LogP contribution is 2.08. The van der Waals surface area contributed by atoms with Crippen molar-refractivity contribution in [3.8, 4) is 0 Å². The van der Waals surface area contributed by atoms with Gasteiger partial charge in [-0.2, -0.15) is 0 Å². The Kier molecular flexibility index (Phi) is 12.4. The quantitative estimate of drug-likeness (QED) is 0.432. The molecule has 0 aromatic carbocycles. The lowest BCUT2D eigenvalue weighted by atomic mass is 10.1. The van der Waals surface area contributed by atoms with Crippen LogP contribution in [0.15, 0.2) is 0 Å². The van der Waals surface area contributed by atoms with Gasteiger partial charge in [-0.1, -0.05) is 39.0 Å². The second kappa shape index (κ2) is 12.8. The average Bonchev–Trinajstić information content (AvgIpc) is 2.37. The molecule has 0 saturated heterocycles. The third-order valence-corrected chi connectivity index (χ3v) is 2.86. The summed E-state index contributed by atoms with van der Waals surface area (Å²) in [6.07, 6.45) is 6.89. The van der Waals surface area contributed by atoms with Crippen molar-refractivity contribution in [3.63, 3.8) is 0 Å². The van der Waals surface area contributed by atoms with E-state index in [9.17, 15) is 4.79 Å². The van der Waals surface area contributed by atoms with E-state index in [-0.39, 0.29) is 12.0 Å². The van der Waals surface area contributed by atoms with Gasteiger partial charge in [-0.05, 0) is 13.3 Å². The van der Waals surface area contributed by atoms with Crippen molar-refractivity contribution >= 4 is 5.97 Å². The lowest BCUT2D eigenvalue weighted by molar-refractivity contribution is -0.145. The molecule has 108 valence electrons. The molecular formula is C14H29NO3. The van der Waals surface area contributed by atoms with Gasteiger partial charge in [-0.15, -0.1) is 0 Å². The van der Waals surface area contributed by atoms with Gasteiger partial charge in [-0.3, -0.25) is 4.79 Å².